The lowest BCUT2D eigenvalue weighted by Crippen LogP contribution is -2.41. The van der Waals surface area contributed by atoms with Gasteiger partial charge in [0.1, 0.15) is 18.1 Å². The fraction of sp³-hybridized carbons (Fsp3) is 0.565. The minimum atomic E-state index is -1.02. The average molecular weight is 502 g/mol. The van der Waals surface area contributed by atoms with Crippen LogP contribution in [0.1, 0.15) is 46.1 Å². The molecule has 4 atom stereocenters. The van der Waals surface area contributed by atoms with Crippen molar-refractivity contribution in [3.05, 3.63) is 35.9 Å². The van der Waals surface area contributed by atoms with Crippen LogP contribution in [0.4, 0.5) is 0 Å². The normalized spacial score (nSPS) is 13.5. The topological polar surface area (TPSA) is 193 Å². The molecule has 1 rings (SSSR count). The summed E-state index contributed by atoms with van der Waals surface area (Å²) in [6, 6.07) is 6.95. The molecule has 0 aliphatic rings. The van der Waals surface area contributed by atoms with Gasteiger partial charge in [-0.3, -0.25) is 14.4 Å². The second-order valence-corrected chi connectivity index (χ2v) is 8.85. The van der Waals surface area contributed by atoms with E-state index in [2.05, 4.69) is 5.32 Å². The molecule has 0 bridgehead atoms. The Balaban J connectivity index is 0. The number of carboxylic acids is 3. The number of amides is 1. The van der Waals surface area contributed by atoms with Gasteiger partial charge < -0.3 is 32.1 Å². The lowest BCUT2D eigenvalue weighted by Gasteiger charge is -2.12. The van der Waals surface area contributed by atoms with Crippen LogP contribution in [0.2, 0.25) is 0 Å². The lowest BCUT2D eigenvalue weighted by molar-refractivity contribution is -0.141. The van der Waals surface area contributed by atoms with E-state index in [0.717, 1.165) is 23.5 Å². The smallest absolute Gasteiger partial charge is 0.326 e. The maximum Gasteiger partial charge on any atom is 0.326 e. The summed E-state index contributed by atoms with van der Waals surface area (Å²) >= 11 is 1.71. The number of nitrogens with one attached hydrogen (secondary N) is 1. The number of carbonyl (C=O) groups excluding carboxylic acids is 1. The van der Waals surface area contributed by atoms with E-state index >= 15 is 0 Å². The molecule has 1 amide bonds. The van der Waals surface area contributed by atoms with Crippen LogP contribution in [0.3, 0.4) is 0 Å². The number of hydrogen-bond acceptors (Lipinski definition) is 7. The summed E-state index contributed by atoms with van der Waals surface area (Å²) in [7, 11) is 0. The third-order valence-electron chi connectivity index (χ3n) is 4.59. The van der Waals surface area contributed by atoms with E-state index in [1.165, 1.54) is 6.92 Å². The highest BCUT2D eigenvalue weighted by atomic mass is 32.2. The summed E-state index contributed by atoms with van der Waals surface area (Å²) < 4.78 is 0. The van der Waals surface area contributed by atoms with Crippen LogP contribution in [-0.4, -0.2) is 68.8 Å². The Morgan fingerprint density at radius 2 is 1.53 bits per heavy atom. The molecule has 194 valence electrons. The molecule has 10 nitrogen and oxygen atoms in total. The second kappa shape index (κ2) is 19.8. The number of carboxylic acid groups (broad SMARTS) is 3. The van der Waals surface area contributed by atoms with Crippen LogP contribution in [0.5, 0.6) is 0 Å². The maximum absolute atomic E-state index is 10.8. The minimum Gasteiger partial charge on any atom is -0.480 e. The summed E-state index contributed by atoms with van der Waals surface area (Å²) in [6.07, 6.45) is 1.68. The van der Waals surface area contributed by atoms with Crippen LogP contribution < -0.4 is 16.8 Å². The molecule has 0 heterocycles. The van der Waals surface area contributed by atoms with Crippen molar-refractivity contribution in [2.45, 2.75) is 65.1 Å². The molecular weight excluding hydrogens is 462 g/mol. The summed E-state index contributed by atoms with van der Waals surface area (Å²) in [6.45, 7) is 7.10. The quantitative estimate of drug-likeness (QED) is 0.230. The van der Waals surface area contributed by atoms with Gasteiger partial charge in [0.2, 0.25) is 5.91 Å². The van der Waals surface area contributed by atoms with Crippen molar-refractivity contribution in [1.29, 1.82) is 0 Å². The Kier molecular flexibility index (Phi) is 19.5. The fourth-order valence-corrected chi connectivity index (χ4v) is 2.98. The number of thioether (sulfide) groups is 1. The number of carbonyl (C=O) groups is 4. The zero-order valence-electron chi connectivity index (χ0n) is 20.3. The van der Waals surface area contributed by atoms with Crippen molar-refractivity contribution < 1.29 is 34.5 Å². The van der Waals surface area contributed by atoms with Crippen LogP contribution in [-0.2, 0) is 25.6 Å². The van der Waals surface area contributed by atoms with Crippen molar-refractivity contribution in [2.75, 3.05) is 11.5 Å². The van der Waals surface area contributed by atoms with E-state index in [1.807, 2.05) is 51.1 Å². The SMILES string of the molecule is CC(=O)N[C@@H](Cc1ccccc1)C(=O)O.CCSCC[C@H](N)C(=O)O.CC[C@@H](C)[C@@H](N)C(=O)O. The van der Waals surface area contributed by atoms with E-state index in [4.69, 9.17) is 26.8 Å². The lowest BCUT2D eigenvalue weighted by atomic mass is 10.0. The van der Waals surface area contributed by atoms with Crippen LogP contribution in [0.25, 0.3) is 0 Å². The van der Waals surface area contributed by atoms with Gasteiger partial charge in [0.15, 0.2) is 0 Å². The third kappa shape index (κ3) is 17.9. The summed E-state index contributed by atoms with van der Waals surface area (Å²) in [5.74, 6) is -1.24. The molecule has 34 heavy (non-hydrogen) atoms. The van der Waals surface area contributed by atoms with Crippen molar-refractivity contribution in [3.8, 4) is 0 Å². The second-order valence-electron chi connectivity index (χ2n) is 7.46. The van der Waals surface area contributed by atoms with Crippen molar-refractivity contribution >= 4 is 35.6 Å². The van der Waals surface area contributed by atoms with Crippen LogP contribution in [0.15, 0.2) is 30.3 Å². The van der Waals surface area contributed by atoms with Crippen LogP contribution in [0, 0.1) is 5.92 Å². The molecule has 0 unspecified atom stereocenters. The molecule has 0 saturated heterocycles. The monoisotopic (exact) mass is 501 g/mol. The maximum atomic E-state index is 10.8. The fourth-order valence-electron chi connectivity index (χ4n) is 2.27. The largest absolute Gasteiger partial charge is 0.480 e. The van der Waals surface area contributed by atoms with E-state index < -0.39 is 36.0 Å². The van der Waals surface area contributed by atoms with Gasteiger partial charge in [-0.15, -0.1) is 0 Å². The average Bonchev–Trinajstić information content (AvgIpc) is 2.78. The molecule has 0 fully saturated rings. The first-order valence-corrected chi connectivity index (χ1v) is 12.1. The van der Waals surface area contributed by atoms with Crippen molar-refractivity contribution in [3.63, 3.8) is 0 Å². The summed E-state index contributed by atoms with van der Waals surface area (Å²) in [4.78, 5) is 41.9. The Morgan fingerprint density at radius 1 is 0.971 bits per heavy atom. The van der Waals surface area contributed by atoms with E-state index in [9.17, 15) is 19.2 Å². The first-order chi connectivity index (χ1) is 15.9. The molecule has 8 N–H and O–H groups in total. The standard InChI is InChI=1S/C11H13NO3.C6H13NO2S.C6H13NO2/c1-8(13)12-10(11(14)15)7-9-5-3-2-4-6-9;1-2-10-4-3-5(7)6(8)9;1-3-4(2)5(7)6(8)9/h2-6,10H,7H2,1H3,(H,12,13)(H,14,15);5H,2-4,7H2,1H3,(H,8,9);4-5H,3,7H2,1-2H3,(H,8,9)/t10-;5-;4-,5-/m001/s1. The molecule has 0 saturated carbocycles. The highest BCUT2D eigenvalue weighted by Gasteiger charge is 2.18. The van der Waals surface area contributed by atoms with Crippen molar-refractivity contribution in [1.82, 2.24) is 5.32 Å². The van der Waals surface area contributed by atoms with Gasteiger partial charge in [0.25, 0.3) is 0 Å². The molecule has 0 radical (unpaired) electrons. The zero-order valence-corrected chi connectivity index (χ0v) is 21.1. The van der Waals surface area contributed by atoms with Crippen molar-refractivity contribution in [2.24, 2.45) is 17.4 Å². The molecule has 1 aromatic carbocycles. The number of rotatable bonds is 12. The molecule has 0 aliphatic heterocycles. The van der Waals surface area contributed by atoms with E-state index in [1.54, 1.807) is 11.8 Å². The highest BCUT2D eigenvalue weighted by molar-refractivity contribution is 7.99. The molecule has 0 aliphatic carbocycles. The predicted molar refractivity (Wildman–Crippen MR) is 134 cm³/mol. The molecule has 0 spiro atoms. The first-order valence-electron chi connectivity index (χ1n) is 10.9. The first kappa shape index (κ1) is 33.5. The van der Waals surface area contributed by atoms with Gasteiger partial charge in [0.05, 0.1) is 0 Å². The Hall–Kier alpha value is -2.63. The number of hydrogen-bond donors (Lipinski definition) is 6. The predicted octanol–water partition coefficient (Wildman–Crippen LogP) is 1.80. The van der Waals surface area contributed by atoms with Gasteiger partial charge in [-0.25, -0.2) is 4.79 Å². The Morgan fingerprint density at radius 3 is 1.88 bits per heavy atom. The third-order valence-corrected chi connectivity index (χ3v) is 5.53. The molecular formula is C23H39N3O7S. The number of aliphatic carboxylic acids is 3. The van der Waals surface area contributed by atoms with E-state index in [0.29, 0.717) is 12.8 Å². The zero-order chi connectivity index (χ0) is 26.7. The molecule has 0 aromatic heterocycles. The van der Waals surface area contributed by atoms with Gasteiger partial charge in [-0.05, 0) is 29.4 Å². The molecule has 1 aromatic rings. The number of benzene rings is 1. The van der Waals surface area contributed by atoms with E-state index in [-0.39, 0.29) is 11.8 Å². The number of nitrogens with two attached hydrogens (primary N) is 2. The minimum absolute atomic E-state index is 0.0718. The highest BCUT2D eigenvalue weighted by Crippen LogP contribution is 2.05. The van der Waals surface area contributed by atoms with Crippen LogP contribution >= 0.6 is 11.8 Å². The Labute approximate surface area is 205 Å². The summed E-state index contributed by atoms with van der Waals surface area (Å²) in [5.41, 5.74) is 11.4. The Bertz CT molecular complexity index is 735. The van der Waals surface area contributed by atoms with Gasteiger partial charge in [0, 0.05) is 13.3 Å². The van der Waals surface area contributed by atoms with Gasteiger partial charge in [-0.2, -0.15) is 11.8 Å². The van der Waals surface area contributed by atoms with Gasteiger partial charge in [-0.1, -0.05) is 57.5 Å². The summed E-state index contributed by atoms with van der Waals surface area (Å²) in [5, 5.41) is 28.0. The van der Waals surface area contributed by atoms with Gasteiger partial charge >= 0.3 is 17.9 Å². The molecule has 11 heteroatoms.